The molecule has 0 aliphatic carbocycles. The predicted octanol–water partition coefficient (Wildman–Crippen LogP) is 0.0521. The van der Waals surface area contributed by atoms with Crippen LogP contribution in [0.2, 0.25) is 0 Å². The Kier molecular flexibility index (Phi) is 1.79. The van der Waals surface area contributed by atoms with Crippen molar-refractivity contribution in [3.05, 3.63) is 0 Å². The SMILES string of the molecule is [B]=S(#B)C. The molecule has 0 aromatic heterocycles. The van der Waals surface area contributed by atoms with Gasteiger partial charge in [0.2, 0.25) is 0 Å². The van der Waals surface area contributed by atoms with Gasteiger partial charge >= 0.3 is 29.1 Å². The molecule has 0 atom stereocenters. The number of hydrogen-bond donors (Lipinski definition) is 0. The molecule has 0 amide bonds. The van der Waals surface area contributed by atoms with E-state index in [0.717, 1.165) is 0 Å². The molecule has 0 nitrogen and oxygen atoms in total. The molecule has 0 N–H and O–H groups in total. The van der Waals surface area contributed by atoms with Crippen molar-refractivity contribution in [2.24, 2.45) is 0 Å². The zero-order chi connectivity index (χ0) is 3.58. The van der Waals surface area contributed by atoms with Gasteiger partial charge in [-0.15, -0.1) is 0 Å². The summed E-state index contributed by atoms with van der Waals surface area (Å²) in [5.74, 6) is 0. The van der Waals surface area contributed by atoms with Gasteiger partial charge in [0.05, 0.1) is 0 Å². The zero-order valence-electron chi connectivity index (χ0n) is 2.56. The van der Waals surface area contributed by atoms with Crippen LogP contribution < -0.4 is 0 Å². The van der Waals surface area contributed by atoms with Gasteiger partial charge in [-0.2, -0.15) is 0 Å². The Labute approximate surface area is 29.9 Å². The van der Waals surface area contributed by atoms with Crippen molar-refractivity contribution in [1.29, 1.82) is 0 Å². The molecule has 0 fully saturated rings. The molecular weight excluding hydrogens is 65.7 g/mol. The van der Waals surface area contributed by atoms with Crippen molar-refractivity contribution in [3.63, 3.8) is 0 Å². The zero-order valence-corrected chi connectivity index (χ0v) is 3.38. The van der Waals surface area contributed by atoms with E-state index < -0.39 is 0 Å². The maximum atomic E-state index is 4.92. The van der Waals surface area contributed by atoms with E-state index in [-0.39, 0.29) is 9.56 Å². The minimum absolute atomic E-state index is 0.361. The molecule has 0 saturated heterocycles. The Hall–Kier alpha value is 0.350. The van der Waals surface area contributed by atoms with Gasteiger partial charge in [-0.05, 0) is 0 Å². The predicted molar refractivity (Wildman–Crippen MR) is 25.0 cm³/mol. The molecule has 0 saturated carbocycles. The van der Waals surface area contributed by atoms with E-state index in [9.17, 15) is 0 Å². The standard InChI is InChI=1S/CH3B2S/c1-4(2)3/h1H3. The Morgan fingerprint density at radius 3 is 1.75 bits per heavy atom. The van der Waals surface area contributed by atoms with Gasteiger partial charge in [-0.1, -0.05) is 0 Å². The second kappa shape index (κ2) is 1.65. The summed E-state index contributed by atoms with van der Waals surface area (Å²) in [7, 11) is -0.361. The van der Waals surface area contributed by atoms with Gasteiger partial charge in [-0.25, -0.2) is 0 Å². The van der Waals surface area contributed by atoms with Crippen molar-refractivity contribution < 1.29 is 0 Å². The van der Waals surface area contributed by atoms with Crippen molar-refractivity contribution in [1.82, 2.24) is 0 Å². The molecule has 19 valence electrons. The van der Waals surface area contributed by atoms with Crippen LogP contribution in [0.5, 0.6) is 0 Å². The molecule has 0 aliphatic rings. The molecule has 1 radical (unpaired) electrons. The van der Waals surface area contributed by atoms with E-state index in [1.54, 1.807) is 6.26 Å². The van der Waals surface area contributed by atoms with E-state index in [1.165, 1.54) is 0 Å². The third kappa shape index (κ3) is 35.0. The molecule has 0 heterocycles. The summed E-state index contributed by atoms with van der Waals surface area (Å²) in [6, 6.07) is 0. The summed E-state index contributed by atoms with van der Waals surface area (Å²) in [5.41, 5.74) is 0. The van der Waals surface area contributed by atoms with Crippen LogP contribution in [-0.4, -0.2) is 19.5 Å². The Bertz CT molecular complexity index is 96.2. The van der Waals surface area contributed by atoms with Crippen LogP contribution in [-0.2, 0) is 0 Å². The molecular formula is CH3B2S. The summed E-state index contributed by atoms with van der Waals surface area (Å²) in [6.07, 6.45) is 1.75. The van der Waals surface area contributed by atoms with Crippen molar-refractivity contribution in [2.75, 3.05) is 6.26 Å². The van der Waals surface area contributed by atoms with Crippen molar-refractivity contribution in [2.45, 2.75) is 0 Å². The first kappa shape index (κ1) is 4.35. The Balaban J connectivity index is 3.85. The van der Waals surface area contributed by atoms with Crippen LogP contribution in [0.3, 0.4) is 0 Å². The third-order valence-electron chi connectivity index (χ3n) is 0. The maximum absolute atomic E-state index is 4.92. The van der Waals surface area contributed by atoms with Crippen LogP contribution in [0.15, 0.2) is 0 Å². The van der Waals surface area contributed by atoms with Crippen molar-refractivity contribution in [3.8, 4) is 0 Å². The fourth-order valence-electron chi connectivity index (χ4n) is 0. The molecule has 0 spiro atoms. The molecule has 0 aliphatic heterocycles. The summed E-state index contributed by atoms with van der Waals surface area (Å²) in [6.45, 7) is 9.83. The first-order valence-electron chi connectivity index (χ1n) is 0.880. The molecule has 0 aromatic carbocycles. The average Bonchev–Trinajstić information content (AvgIpc) is 0.811. The topological polar surface area (TPSA) is 0 Å². The van der Waals surface area contributed by atoms with Gasteiger partial charge in [-0.3, -0.25) is 0 Å². The molecule has 0 bridgehead atoms. The monoisotopic (exact) mass is 69.0 g/mol. The normalized spacial score (nSPS) is 6.50. The molecule has 0 unspecified atom stereocenters. The number of rotatable bonds is 0. The van der Waals surface area contributed by atoms with Crippen LogP contribution in [0.25, 0.3) is 0 Å². The Morgan fingerprint density at radius 1 is 1.75 bits per heavy atom. The molecule has 4 heavy (non-hydrogen) atoms. The van der Waals surface area contributed by atoms with Crippen LogP contribution >= 0.6 is 9.56 Å². The van der Waals surface area contributed by atoms with Crippen LogP contribution in [0, 0.1) is 0 Å². The summed E-state index contributed by atoms with van der Waals surface area (Å²) in [4.78, 5) is 0. The average molecular weight is 68.7 g/mol. The van der Waals surface area contributed by atoms with Crippen LogP contribution in [0.4, 0.5) is 0 Å². The van der Waals surface area contributed by atoms with Gasteiger partial charge in [0.1, 0.15) is 0 Å². The second-order valence-corrected chi connectivity index (χ2v) is 1.82. The fourth-order valence-corrected chi connectivity index (χ4v) is 0. The third-order valence-corrected chi connectivity index (χ3v) is 0. The van der Waals surface area contributed by atoms with E-state index >= 15 is 0 Å². The van der Waals surface area contributed by atoms with Gasteiger partial charge in [0, 0.05) is 0 Å². The van der Waals surface area contributed by atoms with Crippen LogP contribution in [0.1, 0.15) is 0 Å². The fraction of sp³-hybridized carbons (Fsp3) is 1.00. The quantitative estimate of drug-likeness (QED) is 0.352. The van der Waals surface area contributed by atoms with Gasteiger partial charge in [0.15, 0.2) is 0 Å². The number of hydrogen-bond acceptors (Lipinski definition) is 0. The summed E-state index contributed by atoms with van der Waals surface area (Å²) >= 11 is 0. The van der Waals surface area contributed by atoms with E-state index in [0.29, 0.717) is 0 Å². The first-order chi connectivity index (χ1) is 1.73. The molecule has 0 aromatic rings. The van der Waals surface area contributed by atoms with E-state index in [2.05, 4.69) is 0 Å². The second-order valence-electron chi connectivity index (χ2n) is 0.607. The molecule has 3 heteroatoms. The first-order valence-corrected chi connectivity index (χ1v) is 2.64. The Morgan fingerprint density at radius 2 is 1.75 bits per heavy atom. The van der Waals surface area contributed by atoms with E-state index in [1.807, 2.05) is 0 Å². The van der Waals surface area contributed by atoms with Crippen molar-refractivity contribution >= 4 is 22.8 Å². The molecule has 0 rings (SSSR count). The van der Waals surface area contributed by atoms with Gasteiger partial charge < -0.3 is 0 Å². The summed E-state index contributed by atoms with van der Waals surface area (Å²) in [5, 5.41) is 0. The minimum atomic E-state index is -0.361. The van der Waals surface area contributed by atoms with Gasteiger partial charge in [0.25, 0.3) is 0 Å². The summed E-state index contributed by atoms with van der Waals surface area (Å²) < 4.78 is 0. The van der Waals surface area contributed by atoms with E-state index in [4.69, 9.17) is 13.3 Å².